The molecule has 1 aliphatic rings. The third kappa shape index (κ3) is 6.43. The van der Waals surface area contributed by atoms with Crippen LogP contribution in [0.2, 0.25) is 0 Å². The smallest absolute Gasteiger partial charge is 0.573 e. The van der Waals surface area contributed by atoms with Crippen LogP contribution in [-0.2, 0) is 32.0 Å². The Labute approximate surface area is 235 Å². The van der Waals surface area contributed by atoms with Crippen molar-refractivity contribution in [3.05, 3.63) is 48.3 Å². The van der Waals surface area contributed by atoms with E-state index in [1.54, 1.807) is 25.1 Å². The number of hydrogen-bond donors (Lipinski definition) is 1. The zero-order chi connectivity index (χ0) is 30.1. The number of rotatable bonds is 9. The number of nitrogens with two attached hydrogens (primary N) is 1. The number of methoxy groups -OCH3 is 1. The number of pyridine rings is 2. The first-order chi connectivity index (χ1) is 19.3. The molecule has 1 unspecified atom stereocenters. The first-order valence-electron chi connectivity index (χ1n) is 12.1. The van der Waals surface area contributed by atoms with Gasteiger partial charge in [-0.05, 0) is 47.7 Å². The normalized spacial score (nSPS) is 16.9. The number of aromatic nitrogens is 2. The molecule has 3 aromatic rings. The Bertz CT molecular complexity index is 1470. The third-order valence-corrected chi connectivity index (χ3v) is 7.35. The molecular formula is C25H26F3N6O6S-. The van der Waals surface area contributed by atoms with Crippen LogP contribution >= 0.6 is 0 Å². The number of carbonyl (C=O) groups excluding carboxylic acids is 2. The molecule has 2 aromatic heterocycles. The fourth-order valence-corrected chi connectivity index (χ4v) is 5.36. The molecule has 1 saturated heterocycles. The minimum absolute atomic E-state index is 0.00156. The molecule has 1 aliphatic heterocycles. The molecule has 4 rings (SSSR count). The lowest BCUT2D eigenvalue weighted by Crippen LogP contribution is -2.49. The molecule has 1 fully saturated rings. The summed E-state index contributed by atoms with van der Waals surface area (Å²) in [7, 11) is 4.58. The van der Waals surface area contributed by atoms with E-state index in [-0.39, 0.29) is 35.4 Å². The Morgan fingerprint density at radius 1 is 1.27 bits per heavy atom. The number of hydrogen-bond acceptors (Lipinski definition) is 10. The summed E-state index contributed by atoms with van der Waals surface area (Å²) in [5.74, 6) is -1.73. The van der Waals surface area contributed by atoms with E-state index in [2.05, 4.69) is 14.7 Å². The van der Waals surface area contributed by atoms with E-state index in [9.17, 15) is 31.5 Å². The highest BCUT2D eigenvalue weighted by Gasteiger charge is 2.43. The van der Waals surface area contributed by atoms with Gasteiger partial charge in [0.1, 0.15) is 29.5 Å². The Hall–Kier alpha value is -4.18. The topological polar surface area (TPSA) is 154 Å². The van der Waals surface area contributed by atoms with Gasteiger partial charge in [-0.3, -0.25) is 13.3 Å². The average molecular weight is 596 g/mol. The van der Waals surface area contributed by atoms with Crippen molar-refractivity contribution >= 4 is 51.2 Å². The fraction of sp³-hybridized carbons (Fsp3) is 0.360. The summed E-state index contributed by atoms with van der Waals surface area (Å²) in [5, 5.41) is 0.628. The lowest BCUT2D eigenvalue weighted by molar-refractivity contribution is -0.274. The molecule has 16 heteroatoms. The number of fused-ring (bicyclic) bond motifs is 1. The zero-order valence-corrected chi connectivity index (χ0v) is 22.9. The second kappa shape index (κ2) is 11.7. The third-order valence-electron chi connectivity index (χ3n) is 6.56. The largest absolute Gasteiger partial charge is 0.755 e. The number of halogens is 3. The zero-order valence-electron chi connectivity index (χ0n) is 22.1. The van der Waals surface area contributed by atoms with Crippen molar-refractivity contribution in [2.45, 2.75) is 31.3 Å². The lowest BCUT2D eigenvalue weighted by atomic mass is 10.00. The van der Waals surface area contributed by atoms with Crippen molar-refractivity contribution in [1.29, 1.82) is 0 Å². The van der Waals surface area contributed by atoms with Crippen LogP contribution in [0.4, 0.5) is 30.5 Å². The van der Waals surface area contributed by atoms with Gasteiger partial charge in [0.25, 0.3) is 0 Å². The van der Waals surface area contributed by atoms with Gasteiger partial charge in [-0.15, -0.1) is 13.2 Å². The van der Waals surface area contributed by atoms with Crippen molar-refractivity contribution < 1.29 is 41.0 Å². The molecule has 0 bridgehead atoms. The fourth-order valence-electron chi connectivity index (χ4n) is 4.67. The highest BCUT2D eigenvalue weighted by Crippen LogP contribution is 2.35. The molecule has 12 nitrogen and oxygen atoms in total. The van der Waals surface area contributed by atoms with Crippen molar-refractivity contribution in [3.63, 3.8) is 0 Å². The van der Waals surface area contributed by atoms with Crippen LogP contribution in [-0.4, -0.2) is 81.7 Å². The van der Waals surface area contributed by atoms with E-state index in [1.165, 1.54) is 30.6 Å². The molecule has 0 radical (unpaired) electrons. The second-order valence-electron chi connectivity index (χ2n) is 9.32. The molecule has 3 atom stereocenters. The van der Waals surface area contributed by atoms with E-state index < -0.39 is 53.8 Å². The van der Waals surface area contributed by atoms with Crippen LogP contribution in [0.3, 0.4) is 0 Å². The number of likely N-dealkylation sites (tertiary alicyclic amines) is 1. The number of alkyl halides is 3. The van der Waals surface area contributed by atoms with Gasteiger partial charge in [0.15, 0.2) is 0 Å². The average Bonchev–Trinajstić information content (AvgIpc) is 3.27. The van der Waals surface area contributed by atoms with Crippen LogP contribution in [0.5, 0.6) is 5.75 Å². The van der Waals surface area contributed by atoms with Gasteiger partial charge in [0.2, 0.25) is 5.91 Å². The Morgan fingerprint density at radius 2 is 2.00 bits per heavy atom. The standard InChI is InChI=1S/C25H27F3N6O6S/c1-32(2)21-5-4-16(13-31-21)34(41(37)38)18-7-9-33(23(18)35)19(24(36)39-3)11-15-10-14-6-8-30-22(29)17(14)12-20(15)40-25(26,27)28/h4-6,8,10,12-13,18-19H,7,9,11H2,1-3H3,(H2,29,30)(H,37,38)/p-1/t18-,19+/m0/s1. The summed E-state index contributed by atoms with van der Waals surface area (Å²) in [6, 6.07) is 4.40. The number of anilines is 3. The minimum atomic E-state index is -5.07. The van der Waals surface area contributed by atoms with Gasteiger partial charge in [-0.25, -0.2) is 14.8 Å². The highest BCUT2D eigenvalue weighted by atomic mass is 32.2. The molecule has 2 N–H and O–H groups in total. The number of carbonyl (C=O) groups is 2. The molecule has 0 spiro atoms. The van der Waals surface area contributed by atoms with E-state index in [4.69, 9.17) is 10.5 Å². The van der Waals surface area contributed by atoms with Crippen LogP contribution in [0.25, 0.3) is 10.8 Å². The van der Waals surface area contributed by atoms with Gasteiger partial charge in [0, 0.05) is 49.9 Å². The summed E-state index contributed by atoms with van der Waals surface area (Å²) in [6.45, 7) is -0.0694. The van der Waals surface area contributed by atoms with Gasteiger partial charge in [-0.2, -0.15) is 0 Å². The summed E-state index contributed by atoms with van der Waals surface area (Å²) in [4.78, 5) is 37.3. The first-order valence-corrected chi connectivity index (χ1v) is 13.2. The predicted molar refractivity (Wildman–Crippen MR) is 142 cm³/mol. The van der Waals surface area contributed by atoms with Gasteiger partial charge in [0.05, 0.1) is 19.0 Å². The molecular weight excluding hydrogens is 569 g/mol. The van der Waals surface area contributed by atoms with Crippen molar-refractivity contribution in [1.82, 2.24) is 14.9 Å². The quantitative estimate of drug-likeness (QED) is 0.288. The maximum atomic E-state index is 13.6. The Kier molecular flexibility index (Phi) is 8.53. The predicted octanol–water partition coefficient (Wildman–Crippen LogP) is 2.16. The molecule has 0 aliphatic carbocycles. The molecule has 3 heterocycles. The van der Waals surface area contributed by atoms with Crippen molar-refractivity contribution in [2.24, 2.45) is 0 Å². The number of esters is 1. The summed E-state index contributed by atoms with van der Waals surface area (Å²) < 4.78 is 74.3. The summed E-state index contributed by atoms with van der Waals surface area (Å²) in [5.41, 5.74) is 5.90. The monoisotopic (exact) mass is 595 g/mol. The van der Waals surface area contributed by atoms with Gasteiger partial charge < -0.3 is 29.6 Å². The van der Waals surface area contributed by atoms with Crippen LogP contribution in [0, 0.1) is 0 Å². The van der Waals surface area contributed by atoms with E-state index >= 15 is 0 Å². The Morgan fingerprint density at radius 3 is 2.59 bits per heavy atom. The lowest BCUT2D eigenvalue weighted by Gasteiger charge is -2.32. The maximum Gasteiger partial charge on any atom is 0.573 e. The minimum Gasteiger partial charge on any atom is -0.755 e. The summed E-state index contributed by atoms with van der Waals surface area (Å²) in [6.07, 6.45) is -2.82. The van der Waals surface area contributed by atoms with Crippen LogP contribution < -0.4 is 19.7 Å². The SMILES string of the molecule is COC(=O)[C@@H](Cc1cc2ccnc(N)c2cc1OC(F)(F)F)N1CC[C@H](N(c2ccc(N(C)C)nc2)S(=O)[O-])C1=O. The molecule has 1 aromatic carbocycles. The Balaban J connectivity index is 1.69. The number of ether oxygens (including phenoxy) is 2. The van der Waals surface area contributed by atoms with Crippen LogP contribution in [0.1, 0.15) is 12.0 Å². The number of nitrogens with zero attached hydrogens (tertiary/aromatic N) is 5. The van der Waals surface area contributed by atoms with Gasteiger partial charge in [-0.1, -0.05) is 0 Å². The van der Waals surface area contributed by atoms with E-state index in [0.29, 0.717) is 11.2 Å². The van der Waals surface area contributed by atoms with Crippen LogP contribution in [0.15, 0.2) is 42.7 Å². The van der Waals surface area contributed by atoms with Crippen molar-refractivity contribution in [3.8, 4) is 5.75 Å². The number of nitrogen functional groups attached to an aromatic ring is 1. The summed E-state index contributed by atoms with van der Waals surface area (Å²) >= 11 is -2.89. The van der Waals surface area contributed by atoms with Crippen molar-refractivity contribution in [2.75, 3.05) is 42.7 Å². The number of amides is 1. The number of benzene rings is 1. The second-order valence-corrected chi connectivity index (χ2v) is 10.1. The first kappa shape index (κ1) is 29.8. The van der Waals surface area contributed by atoms with E-state index in [0.717, 1.165) is 22.4 Å². The van der Waals surface area contributed by atoms with E-state index in [1.807, 2.05) is 0 Å². The highest BCUT2D eigenvalue weighted by molar-refractivity contribution is 7.80. The molecule has 220 valence electrons. The molecule has 1 amide bonds. The maximum absolute atomic E-state index is 13.6. The van der Waals surface area contributed by atoms with Gasteiger partial charge >= 0.3 is 12.3 Å². The molecule has 0 saturated carbocycles. The molecule has 41 heavy (non-hydrogen) atoms.